The van der Waals surface area contributed by atoms with Crippen LogP contribution in [0, 0.1) is 0 Å². The standard InChI is InChI=1S/C10H6F3N3O2S/c11-10(12,13)9(18)15-7-8(19)16-3-5(4-17)1-2-6(16)14-7/h1-4,19H,(H,15,18). The molecule has 0 bridgehead atoms. The summed E-state index contributed by atoms with van der Waals surface area (Å²) in [6.45, 7) is 0. The summed E-state index contributed by atoms with van der Waals surface area (Å²) >= 11 is 3.97. The van der Waals surface area contributed by atoms with Gasteiger partial charge in [-0.25, -0.2) is 4.98 Å². The number of anilines is 1. The fourth-order valence-corrected chi connectivity index (χ4v) is 1.65. The van der Waals surface area contributed by atoms with Crippen molar-refractivity contribution in [3.63, 3.8) is 0 Å². The molecule has 1 amide bonds. The minimum Gasteiger partial charge on any atom is -0.301 e. The van der Waals surface area contributed by atoms with Gasteiger partial charge in [0.15, 0.2) is 12.1 Å². The lowest BCUT2D eigenvalue weighted by molar-refractivity contribution is -0.167. The van der Waals surface area contributed by atoms with Crippen molar-refractivity contribution in [2.45, 2.75) is 11.2 Å². The van der Waals surface area contributed by atoms with E-state index in [1.165, 1.54) is 22.7 Å². The molecule has 0 saturated carbocycles. The Morgan fingerprint density at radius 1 is 1.42 bits per heavy atom. The number of nitrogens with one attached hydrogen (secondary N) is 1. The summed E-state index contributed by atoms with van der Waals surface area (Å²) in [7, 11) is 0. The van der Waals surface area contributed by atoms with Gasteiger partial charge in [-0.15, -0.1) is 12.6 Å². The number of hydrogen-bond donors (Lipinski definition) is 2. The van der Waals surface area contributed by atoms with Crippen molar-refractivity contribution in [1.29, 1.82) is 0 Å². The summed E-state index contributed by atoms with van der Waals surface area (Å²) in [5.41, 5.74) is 0.557. The van der Waals surface area contributed by atoms with Crippen LogP contribution in [0.3, 0.4) is 0 Å². The lowest BCUT2D eigenvalue weighted by Gasteiger charge is -2.05. The molecule has 2 heterocycles. The molecule has 2 aromatic heterocycles. The van der Waals surface area contributed by atoms with E-state index >= 15 is 0 Å². The first-order chi connectivity index (χ1) is 8.82. The molecule has 0 aliphatic heterocycles. The van der Waals surface area contributed by atoms with Gasteiger partial charge in [0.2, 0.25) is 0 Å². The van der Waals surface area contributed by atoms with Crippen molar-refractivity contribution < 1.29 is 22.8 Å². The van der Waals surface area contributed by atoms with Crippen LogP contribution in [0.5, 0.6) is 0 Å². The van der Waals surface area contributed by atoms with Crippen LogP contribution in [-0.4, -0.2) is 27.8 Å². The predicted molar refractivity (Wildman–Crippen MR) is 62.5 cm³/mol. The Morgan fingerprint density at radius 2 is 2.11 bits per heavy atom. The number of imidazole rings is 1. The topological polar surface area (TPSA) is 63.5 Å². The third kappa shape index (κ3) is 2.55. The molecule has 9 heteroatoms. The van der Waals surface area contributed by atoms with E-state index < -0.39 is 12.1 Å². The number of fused-ring (bicyclic) bond motifs is 1. The van der Waals surface area contributed by atoms with Gasteiger partial charge in [-0.1, -0.05) is 0 Å². The molecule has 0 atom stereocenters. The summed E-state index contributed by atoms with van der Waals surface area (Å²) < 4.78 is 37.7. The van der Waals surface area contributed by atoms with Crippen LogP contribution < -0.4 is 5.32 Å². The number of rotatable bonds is 2. The molecule has 0 spiro atoms. The van der Waals surface area contributed by atoms with Gasteiger partial charge in [-0.3, -0.25) is 14.0 Å². The predicted octanol–water partition coefficient (Wildman–Crippen LogP) is 1.94. The fraction of sp³-hybridized carbons (Fsp3) is 0.100. The van der Waals surface area contributed by atoms with Gasteiger partial charge >= 0.3 is 12.1 Å². The zero-order valence-corrected chi connectivity index (χ0v) is 10.00. The first-order valence-electron chi connectivity index (χ1n) is 4.87. The number of aldehydes is 1. The molecule has 0 aromatic carbocycles. The Labute approximate surface area is 109 Å². The van der Waals surface area contributed by atoms with Crippen LogP contribution in [0.25, 0.3) is 5.65 Å². The summed E-state index contributed by atoms with van der Waals surface area (Å²) in [6.07, 6.45) is -3.09. The molecule has 5 nitrogen and oxygen atoms in total. The van der Waals surface area contributed by atoms with Gasteiger partial charge < -0.3 is 5.32 Å². The van der Waals surface area contributed by atoms with Crippen molar-refractivity contribution in [1.82, 2.24) is 9.38 Å². The average Bonchev–Trinajstić information content (AvgIpc) is 2.65. The summed E-state index contributed by atoms with van der Waals surface area (Å²) in [5.74, 6) is -2.46. The summed E-state index contributed by atoms with van der Waals surface area (Å²) in [6, 6.07) is 2.87. The van der Waals surface area contributed by atoms with Gasteiger partial charge in [0, 0.05) is 11.8 Å². The Balaban J connectivity index is 2.43. The van der Waals surface area contributed by atoms with Gasteiger partial charge in [0.1, 0.15) is 10.7 Å². The van der Waals surface area contributed by atoms with Crippen molar-refractivity contribution in [2.24, 2.45) is 0 Å². The molecule has 0 aliphatic rings. The second kappa shape index (κ2) is 4.57. The lowest BCUT2D eigenvalue weighted by atomic mass is 10.3. The van der Waals surface area contributed by atoms with E-state index in [9.17, 15) is 22.8 Å². The normalized spacial score (nSPS) is 11.6. The van der Waals surface area contributed by atoms with Gasteiger partial charge in [0.25, 0.3) is 0 Å². The molecule has 100 valence electrons. The van der Waals surface area contributed by atoms with Crippen LogP contribution >= 0.6 is 12.6 Å². The maximum atomic E-state index is 12.1. The average molecular weight is 289 g/mol. The highest BCUT2D eigenvalue weighted by molar-refractivity contribution is 7.80. The Kier molecular flexibility index (Phi) is 3.23. The van der Waals surface area contributed by atoms with Crippen LogP contribution in [-0.2, 0) is 4.79 Å². The number of aromatic nitrogens is 2. The third-order valence-corrected chi connectivity index (χ3v) is 2.67. The number of amides is 1. The Bertz CT molecular complexity index is 666. The number of halogens is 3. The molecule has 0 saturated heterocycles. The molecule has 0 fully saturated rings. The zero-order valence-electron chi connectivity index (χ0n) is 9.10. The Morgan fingerprint density at radius 3 is 2.68 bits per heavy atom. The number of carbonyl (C=O) groups is 2. The first-order valence-corrected chi connectivity index (χ1v) is 5.32. The molecule has 0 aliphatic carbocycles. The number of carbonyl (C=O) groups excluding carboxylic acids is 2. The molecule has 19 heavy (non-hydrogen) atoms. The molecular formula is C10H6F3N3O2S. The molecular weight excluding hydrogens is 283 g/mol. The number of alkyl halides is 3. The second-order valence-corrected chi connectivity index (χ2v) is 3.97. The van der Waals surface area contributed by atoms with Gasteiger partial charge in [-0.05, 0) is 12.1 Å². The van der Waals surface area contributed by atoms with Crippen molar-refractivity contribution in [3.8, 4) is 0 Å². The summed E-state index contributed by atoms with van der Waals surface area (Å²) in [5, 5.41) is 1.61. The molecule has 0 radical (unpaired) electrons. The first kappa shape index (κ1) is 13.4. The van der Waals surface area contributed by atoms with Crippen LogP contribution in [0.15, 0.2) is 23.4 Å². The van der Waals surface area contributed by atoms with Crippen LogP contribution in [0.1, 0.15) is 10.4 Å². The van der Waals surface area contributed by atoms with Crippen molar-refractivity contribution >= 4 is 36.3 Å². The highest BCUT2D eigenvalue weighted by Crippen LogP contribution is 2.24. The SMILES string of the molecule is O=Cc1ccc2nc(NC(=O)C(F)(F)F)c(S)n2c1. The fourth-order valence-electron chi connectivity index (χ4n) is 1.38. The monoisotopic (exact) mass is 289 g/mol. The second-order valence-electron chi connectivity index (χ2n) is 3.54. The number of nitrogens with zero attached hydrogens (tertiary/aromatic N) is 2. The van der Waals surface area contributed by atoms with Crippen LogP contribution in [0.4, 0.5) is 19.0 Å². The molecule has 1 N–H and O–H groups in total. The highest BCUT2D eigenvalue weighted by Gasteiger charge is 2.39. The third-order valence-electron chi connectivity index (χ3n) is 2.24. The summed E-state index contributed by atoms with van der Waals surface area (Å²) in [4.78, 5) is 25.2. The molecule has 2 aromatic rings. The maximum Gasteiger partial charge on any atom is 0.471 e. The highest BCUT2D eigenvalue weighted by atomic mass is 32.1. The Hall–Kier alpha value is -2.03. The maximum absolute atomic E-state index is 12.1. The van der Waals surface area contributed by atoms with Crippen molar-refractivity contribution in [3.05, 3.63) is 23.9 Å². The van der Waals surface area contributed by atoms with Gasteiger partial charge in [-0.2, -0.15) is 13.2 Å². The largest absolute Gasteiger partial charge is 0.471 e. The lowest BCUT2D eigenvalue weighted by Crippen LogP contribution is -2.30. The van der Waals surface area contributed by atoms with E-state index in [0.717, 1.165) is 0 Å². The van der Waals surface area contributed by atoms with E-state index in [0.29, 0.717) is 11.8 Å². The molecule has 0 unspecified atom stereocenters. The molecule has 2 rings (SSSR count). The van der Waals surface area contributed by atoms with Crippen molar-refractivity contribution in [2.75, 3.05) is 5.32 Å². The van der Waals surface area contributed by atoms with E-state index in [-0.39, 0.29) is 16.5 Å². The van der Waals surface area contributed by atoms with Gasteiger partial charge in [0.05, 0.1) is 0 Å². The van der Waals surface area contributed by atoms with E-state index in [1.807, 2.05) is 0 Å². The smallest absolute Gasteiger partial charge is 0.301 e. The van der Waals surface area contributed by atoms with E-state index in [1.54, 1.807) is 5.32 Å². The van der Waals surface area contributed by atoms with Crippen LogP contribution in [0.2, 0.25) is 0 Å². The minimum atomic E-state index is -5.01. The van der Waals surface area contributed by atoms with E-state index in [2.05, 4.69) is 17.6 Å². The number of thiol groups is 1. The zero-order chi connectivity index (χ0) is 14.2. The number of pyridine rings is 1. The quantitative estimate of drug-likeness (QED) is 0.656. The minimum absolute atomic E-state index is 0.00343. The van der Waals surface area contributed by atoms with E-state index in [4.69, 9.17) is 0 Å². The number of hydrogen-bond acceptors (Lipinski definition) is 4.